The Bertz CT molecular complexity index is 1410. The molecular weight excluding hydrogens is 468 g/mol. The first-order chi connectivity index (χ1) is 17.9. The normalized spacial score (nSPS) is 11.0. The minimum absolute atomic E-state index is 0.187. The number of carbonyl (C=O) groups is 2. The van der Waals surface area contributed by atoms with Gasteiger partial charge in [0.15, 0.2) is 6.61 Å². The summed E-state index contributed by atoms with van der Waals surface area (Å²) in [4.78, 5) is 25.1. The molecule has 4 aromatic carbocycles. The molecule has 0 saturated carbocycles. The number of methoxy groups -OCH3 is 1. The monoisotopic (exact) mass is 496 g/mol. The van der Waals surface area contributed by atoms with Crippen LogP contribution in [0.4, 0.5) is 0 Å². The highest BCUT2D eigenvalue weighted by Crippen LogP contribution is 2.27. The van der Waals surface area contributed by atoms with Crippen molar-refractivity contribution in [1.82, 2.24) is 5.43 Å². The van der Waals surface area contributed by atoms with Crippen molar-refractivity contribution in [3.05, 3.63) is 102 Å². The number of hydrogen-bond donors (Lipinski definition) is 1. The van der Waals surface area contributed by atoms with Crippen molar-refractivity contribution in [3.8, 4) is 17.2 Å². The first kappa shape index (κ1) is 25.4. The fourth-order valence-corrected chi connectivity index (χ4v) is 3.68. The van der Waals surface area contributed by atoms with Crippen molar-refractivity contribution in [2.45, 2.75) is 19.8 Å². The first-order valence-electron chi connectivity index (χ1n) is 11.9. The third-order valence-electron chi connectivity index (χ3n) is 5.76. The maximum absolute atomic E-state index is 12.8. The average molecular weight is 497 g/mol. The number of esters is 1. The van der Waals surface area contributed by atoms with E-state index in [1.54, 1.807) is 37.4 Å². The van der Waals surface area contributed by atoms with Crippen LogP contribution in [0.25, 0.3) is 10.8 Å². The molecule has 188 valence electrons. The molecule has 0 spiro atoms. The lowest BCUT2D eigenvalue weighted by molar-refractivity contribution is -0.123. The van der Waals surface area contributed by atoms with Gasteiger partial charge in [-0.25, -0.2) is 10.2 Å². The van der Waals surface area contributed by atoms with Crippen LogP contribution >= 0.6 is 0 Å². The number of hydrazone groups is 1. The first-order valence-corrected chi connectivity index (χ1v) is 11.9. The van der Waals surface area contributed by atoms with E-state index in [-0.39, 0.29) is 6.61 Å². The summed E-state index contributed by atoms with van der Waals surface area (Å²) in [7, 11) is 1.56. The third kappa shape index (κ3) is 6.52. The fourth-order valence-electron chi connectivity index (χ4n) is 3.68. The Balaban J connectivity index is 1.46. The maximum Gasteiger partial charge on any atom is 0.343 e. The van der Waals surface area contributed by atoms with Crippen molar-refractivity contribution in [1.29, 1.82) is 0 Å². The van der Waals surface area contributed by atoms with E-state index in [0.717, 1.165) is 10.8 Å². The zero-order valence-corrected chi connectivity index (χ0v) is 20.9. The quantitative estimate of drug-likeness (QED) is 0.139. The SMILES string of the molecule is COc1ccc(C(=O)Oc2ccc3ccccc3c2/C=N/NC(=O)COc2ccc(C(C)C)cc2)cc1. The molecule has 7 nitrogen and oxygen atoms in total. The van der Waals surface area contributed by atoms with E-state index in [9.17, 15) is 9.59 Å². The Labute approximate surface area is 215 Å². The zero-order valence-electron chi connectivity index (χ0n) is 20.9. The van der Waals surface area contributed by atoms with Crippen LogP contribution in [0.5, 0.6) is 17.2 Å². The third-order valence-corrected chi connectivity index (χ3v) is 5.76. The lowest BCUT2D eigenvalue weighted by Crippen LogP contribution is -2.24. The highest BCUT2D eigenvalue weighted by Gasteiger charge is 2.14. The number of fused-ring (bicyclic) bond motifs is 1. The minimum Gasteiger partial charge on any atom is -0.497 e. The molecule has 0 unspecified atom stereocenters. The predicted octanol–water partition coefficient (Wildman–Crippen LogP) is 5.72. The van der Waals surface area contributed by atoms with Gasteiger partial charge in [0.25, 0.3) is 5.91 Å². The van der Waals surface area contributed by atoms with Gasteiger partial charge in [0.2, 0.25) is 0 Å². The summed E-state index contributed by atoms with van der Waals surface area (Å²) >= 11 is 0. The summed E-state index contributed by atoms with van der Waals surface area (Å²) in [6.07, 6.45) is 1.47. The van der Waals surface area contributed by atoms with Gasteiger partial charge in [-0.15, -0.1) is 0 Å². The molecule has 0 aromatic heterocycles. The van der Waals surface area contributed by atoms with E-state index in [1.165, 1.54) is 11.8 Å². The van der Waals surface area contributed by atoms with Gasteiger partial charge in [0.05, 0.1) is 18.9 Å². The van der Waals surface area contributed by atoms with Gasteiger partial charge >= 0.3 is 5.97 Å². The van der Waals surface area contributed by atoms with Crippen LogP contribution in [0.3, 0.4) is 0 Å². The summed E-state index contributed by atoms with van der Waals surface area (Å²) in [5.41, 5.74) is 4.61. The summed E-state index contributed by atoms with van der Waals surface area (Å²) in [5, 5.41) is 5.85. The van der Waals surface area contributed by atoms with E-state index in [1.807, 2.05) is 54.6 Å². The Morgan fingerprint density at radius 3 is 2.30 bits per heavy atom. The second-order valence-electron chi connectivity index (χ2n) is 8.62. The summed E-state index contributed by atoms with van der Waals surface area (Å²) < 4.78 is 16.4. The van der Waals surface area contributed by atoms with Gasteiger partial charge in [0.1, 0.15) is 17.2 Å². The molecule has 4 aromatic rings. The molecule has 37 heavy (non-hydrogen) atoms. The van der Waals surface area contributed by atoms with Crippen molar-refractivity contribution < 1.29 is 23.8 Å². The molecule has 0 fully saturated rings. The Hall–Kier alpha value is -4.65. The number of rotatable bonds is 9. The smallest absolute Gasteiger partial charge is 0.343 e. The average Bonchev–Trinajstić information content (AvgIpc) is 2.93. The Kier molecular flexibility index (Phi) is 8.15. The molecular formula is C30H28N2O5. The number of hydrogen-bond acceptors (Lipinski definition) is 6. The molecule has 0 aliphatic heterocycles. The van der Waals surface area contributed by atoms with Gasteiger partial charge < -0.3 is 14.2 Å². The lowest BCUT2D eigenvalue weighted by atomic mass is 10.0. The number of nitrogens with one attached hydrogen (secondary N) is 1. The standard InChI is InChI=1S/C30H28N2O5/c1-20(2)21-8-15-25(16-9-21)36-19-29(33)32-31-18-27-26-7-5-4-6-22(26)12-17-28(27)37-30(34)23-10-13-24(35-3)14-11-23/h4-18,20H,19H2,1-3H3,(H,32,33)/b31-18+. The number of nitrogens with zero attached hydrogens (tertiary/aromatic N) is 1. The maximum atomic E-state index is 12.8. The Morgan fingerprint density at radius 2 is 1.59 bits per heavy atom. The molecule has 7 heteroatoms. The molecule has 0 radical (unpaired) electrons. The van der Waals surface area contributed by atoms with Crippen molar-refractivity contribution in [3.63, 3.8) is 0 Å². The van der Waals surface area contributed by atoms with Crippen LogP contribution in [-0.4, -0.2) is 31.8 Å². The topological polar surface area (TPSA) is 86.2 Å². The van der Waals surface area contributed by atoms with Gasteiger partial charge in [-0.3, -0.25) is 4.79 Å². The van der Waals surface area contributed by atoms with Crippen molar-refractivity contribution in [2.24, 2.45) is 5.10 Å². The summed E-state index contributed by atoms with van der Waals surface area (Å²) in [6, 6.07) is 25.5. The molecule has 0 aliphatic rings. The molecule has 0 aliphatic carbocycles. The molecule has 1 amide bonds. The highest BCUT2D eigenvalue weighted by atomic mass is 16.5. The van der Waals surface area contributed by atoms with E-state index in [2.05, 4.69) is 24.4 Å². The number of benzene rings is 4. The number of carbonyl (C=O) groups excluding carboxylic acids is 2. The van der Waals surface area contributed by atoms with Gasteiger partial charge in [0, 0.05) is 5.56 Å². The van der Waals surface area contributed by atoms with Crippen LogP contribution < -0.4 is 19.6 Å². The van der Waals surface area contributed by atoms with Crippen LogP contribution in [0, 0.1) is 0 Å². The van der Waals surface area contributed by atoms with Gasteiger partial charge in [-0.05, 0) is 64.7 Å². The Morgan fingerprint density at radius 1 is 0.892 bits per heavy atom. The predicted molar refractivity (Wildman–Crippen MR) is 144 cm³/mol. The lowest BCUT2D eigenvalue weighted by Gasteiger charge is -2.11. The van der Waals surface area contributed by atoms with Crippen LogP contribution in [0.2, 0.25) is 0 Å². The largest absolute Gasteiger partial charge is 0.497 e. The van der Waals surface area contributed by atoms with E-state index >= 15 is 0 Å². The molecule has 0 heterocycles. The second-order valence-corrected chi connectivity index (χ2v) is 8.62. The van der Waals surface area contributed by atoms with Gasteiger partial charge in [-0.2, -0.15) is 5.10 Å². The van der Waals surface area contributed by atoms with Crippen LogP contribution in [0.15, 0.2) is 90.0 Å². The molecule has 0 saturated heterocycles. The number of amides is 1. The zero-order chi connectivity index (χ0) is 26.2. The summed E-state index contributed by atoms with van der Waals surface area (Å²) in [5.74, 6) is 1.04. The fraction of sp³-hybridized carbons (Fsp3) is 0.167. The molecule has 0 bridgehead atoms. The minimum atomic E-state index is -0.520. The summed E-state index contributed by atoms with van der Waals surface area (Å²) in [6.45, 7) is 4.04. The van der Waals surface area contributed by atoms with Crippen LogP contribution in [-0.2, 0) is 4.79 Å². The molecule has 4 rings (SSSR count). The van der Waals surface area contributed by atoms with Crippen molar-refractivity contribution >= 4 is 28.9 Å². The number of ether oxygens (including phenoxy) is 3. The second kappa shape index (κ2) is 11.9. The van der Waals surface area contributed by atoms with Crippen molar-refractivity contribution in [2.75, 3.05) is 13.7 Å². The molecule has 1 N–H and O–H groups in total. The highest BCUT2D eigenvalue weighted by molar-refractivity contribution is 6.04. The van der Waals surface area contributed by atoms with E-state index in [0.29, 0.717) is 34.3 Å². The van der Waals surface area contributed by atoms with E-state index < -0.39 is 11.9 Å². The molecule has 0 atom stereocenters. The van der Waals surface area contributed by atoms with Gasteiger partial charge in [-0.1, -0.05) is 56.3 Å². The van der Waals surface area contributed by atoms with Crippen LogP contribution in [0.1, 0.15) is 41.3 Å². The van der Waals surface area contributed by atoms with E-state index in [4.69, 9.17) is 14.2 Å².